The van der Waals surface area contributed by atoms with Crippen molar-refractivity contribution in [2.45, 2.75) is 0 Å². The third-order valence-electron chi connectivity index (χ3n) is 3.00. The summed E-state index contributed by atoms with van der Waals surface area (Å²) in [5.41, 5.74) is 0.889. The highest BCUT2D eigenvalue weighted by Crippen LogP contribution is 2.38. The van der Waals surface area contributed by atoms with Crippen molar-refractivity contribution >= 4 is 5.97 Å². The molecule has 110 valence electrons. The van der Waals surface area contributed by atoms with Crippen LogP contribution in [0.2, 0.25) is 0 Å². The molecule has 2 rings (SSSR count). The van der Waals surface area contributed by atoms with Gasteiger partial charge in [0, 0.05) is 17.8 Å². The van der Waals surface area contributed by atoms with Gasteiger partial charge in [-0.3, -0.25) is 4.98 Å². The zero-order valence-corrected chi connectivity index (χ0v) is 11.9. The van der Waals surface area contributed by atoms with E-state index in [0.29, 0.717) is 28.5 Å². The van der Waals surface area contributed by atoms with E-state index in [-0.39, 0.29) is 5.56 Å². The van der Waals surface area contributed by atoms with Crippen LogP contribution in [0.1, 0.15) is 10.4 Å². The highest BCUT2D eigenvalue weighted by Gasteiger charge is 2.20. The molecule has 1 aromatic heterocycles. The monoisotopic (exact) mass is 289 g/mol. The molecule has 1 heterocycles. The van der Waals surface area contributed by atoms with Crippen LogP contribution in [0.3, 0.4) is 0 Å². The van der Waals surface area contributed by atoms with Gasteiger partial charge in [-0.15, -0.1) is 0 Å². The third-order valence-corrected chi connectivity index (χ3v) is 3.00. The second-order valence-corrected chi connectivity index (χ2v) is 4.11. The standard InChI is InChI=1S/C15H15NO5/c1-19-9-4-5-10(15(17)18)11(8-9)13-14(21-3)12(20-2)6-7-16-13/h4-8H,1-3H3,(H,17,18). The van der Waals surface area contributed by atoms with E-state index >= 15 is 0 Å². The molecule has 0 unspecified atom stereocenters. The van der Waals surface area contributed by atoms with Gasteiger partial charge in [-0.2, -0.15) is 0 Å². The minimum absolute atomic E-state index is 0.106. The molecule has 0 radical (unpaired) electrons. The second-order valence-electron chi connectivity index (χ2n) is 4.11. The highest BCUT2D eigenvalue weighted by atomic mass is 16.5. The van der Waals surface area contributed by atoms with E-state index < -0.39 is 5.97 Å². The van der Waals surface area contributed by atoms with E-state index in [2.05, 4.69) is 4.98 Å². The fourth-order valence-corrected chi connectivity index (χ4v) is 2.01. The summed E-state index contributed by atoms with van der Waals surface area (Å²) in [6.07, 6.45) is 1.53. The van der Waals surface area contributed by atoms with Crippen LogP contribution in [-0.4, -0.2) is 37.4 Å². The van der Waals surface area contributed by atoms with E-state index in [1.165, 1.54) is 33.6 Å². The van der Waals surface area contributed by atoms with Gasteiger partial charge < -0.3 is 19.3 Å². The first-order valence-electron chi connectivity index (χ1n) is 6.11. The van der Waals surface area contributed by atoms with Crippen molar-refractivity contribution in [1.82, 2.24) is 4.98 Å². The predicted octanol–water partition coefficient (Wildman–Crippen LogP) is 2.47. The Labute approximate surface area is 121 Å². The Kier molecular flexibility index (Phi) is 4.27. The molecular formula is C15H15NO5. The van der Waals surface area contributed by atoms with Gasteiger partial charge in [-0.1, -0.05) is 0 Å². The molecule has 1 aromatic carbocycles. The summed E-state index contributed by atoms with van der Waals surface area (Å²) in [4.78, 5) is 15.6. The SMILES string of the molecule is COc1ccc(C(=O)O)c(-c2nccc(OC)c2OC)c1. The van der Waals surface area contributed by atoms with Gasteiger partial charge in [-0.05, 0) is 18.2 Å². The number of ether oxygens (including phenoxy) is 3. The molecule has 0 atom stereocenters. The molecule has 21 heavy (non-hydrogen) atoms. The smallest absolute Gasteiger partial charge is 0.336 e. The van der Waals surface area contributed by atoms with Crippen LogP contribution in [0.5, 0.6) is 17.2 Å². The maximum atomic E-state index is 11.4. The number of carbonyl (C=O) groups is 1. The Morgan fingerprint density at radius 3 is 2.43 bits per heavy atom. The van der Waals surface area contributed by atoms with Crippen molar-refractivity contribution in [3.8, 4) is 28.5 Å². The Bertz CT molecular complexity index is 669. The zero-order chi connectivity index (χ0) is 15.4. The lowest BCUT2D eigenvalue weighted by atomic mass is 10.0. The lowest BCUT2D eigenvalue weighted by Crippen LogP contribution is -2.03. The molecule has 0 amide bonds. The first-order valence-corrected chi connectivity index (χ1v) is 6.11. The van der Waals surface area contributed by atoms with Gasteiger partial charge in [0.1, 0.15) is 11.4 Å². The quantitative estimate of drug-likeness (QED) is 0.911. The molecule has 0 saturated heterocycles. The summed E-state index contributed by atoms with van der Waals surface area (Å²) in [6.45, 7) is 0. The Morgan fingerprint density at radius 1 is 1.10 bits per heavy atom. The first-order chi connectivity index (χ1) is 10.1. The van der Waals surface area contributed by atoms with E-state index in [1.54, 1.807) is 18.2 Å². The van der Waals surface area contributed by atoms with Gasteiger partial charge in [0.15, 0.2) is 11.5 Å². The number of aromatic nitrogens is 1. The summed E-state index contributed by atoms with van der Waals surface area (Å²) >= 11 is 0. The number of hydrogen-bond acceptors (Lipinski definition) is 5. The van der Waals surface area contributed by atoms with E-state index in [1.807, 2.05) is 0 Å². The summed E-state index contributed by atoms with van der Waals surface area (Å²) in [6, 6.07) is 6.30. The molecule has 1 N–H and O–H groups in total. The van der Waals surface area contributed by atoms with Crippen molar-refractivity contribution in [2.75, 3.05) is 21.3 Å². The van der Waals surface area contributed by atoms with Crippen molar-refractivity contribution in [3.05, 3.63) is 36.0 Å². The molecule has 0 aliphatic carbocycles. The molecule has 0 bridgehead atoms. The molecule has 6 heteroatoms. The molecular weight excluding hydrogens is 274 g/mol. The lowest BCUT2D eigenvalue weighted by Gasteiger charge is -2.14. The number of hydrogen-bond donors (Lipinski definition) is 1. The van der Waals surface area contributed by atoms with Crippen molar-refractivity contribution in [2.24, 2.45) is 0 Å². The van der Waals surface area contributed by atoms with Crippen LogP contribution in [0, 0.1) is 0 Å². The fourth-order valence-electron chi connectivity index (χ4n) is 2.01. The number of pyridine rings is 1. The third kappa shape index (κ3) is 2.74. The maximum Gasteiger partial charge on any atom is 0.336 e. The number of benzene rings is 1. The summed E-state index contributed by atoms with van der Waals surface area (Å²) in [5.74, 6) is 0.318. The summed E-state index contributed by atoms with van der Waals surface area (Å²) in [5, 5.41) is 9.34. The number of carboxylic acid groups (broad SMARTS) is 1. The van der Waals surface area contributed by atoms with E-state index in [0.717, 1.165) is 0 Å². The number of aromatic carboxylic acids is 1. The Morgan fingerprint density at radius 2 is 1.86 bits per heavy atom. The molecule has 2 aromatic rings. The highest BCUT2D eigenvalue weighted by molar-refractivity contribution is 5.97. The summed E-state index contributed by atoms with van der Waals surface area (Å²) < 4.78 is 15.7. The van der Waals surface area contributed by atoms with Gasteiger partial charge in [-0.25, -0.2) is 4.79 Å². The van der Waals surface area contributed by atoms with Gasteiger partial charge in [0.25, 0.3) is 0 Å². The van der Waals surface area contributed by atoms with Crippen LogP contribution in [0.15, 0.2) is 30.5 Å². The minimum Gasteiger partial charge on any atom is -0.497 e. The Balaban J connectivity index is 2.73. The molecule has 0 spiro atoms. The van der Waals surface area contributed by atoms with Crippen molar-refractivity contribution in [3.63, 3.8) is 0 Å². The van der Waals surface area contributed by atoms with E-state index in [4.69, 9.17) is 14.2 Å². The van der Waals surface area contributed by atoms with E-state index in [9.17, 15) is 9.90 Å². The van der Waals surface area contributed by atoms with Crippen LogP contribution in [0.25, 0.3) is 11.3 Å². The van der Waals surface area contributed by atoms with Gasteiger partial charge in [0.2, 0.25) is 0 Å². The average Bonchev–Trinajstić information content (AvgIpc) is 2.53. The normalized spacial score (nSPS) is 10.0. The number of methoxy groups -OCH3 is 3. The maximum absolute atomic E-state index is 11.4. The number of carboxylic acids is 1. The van der Waals surface area contributed by atoms with Crippen LogP contribution in [0.4, 0.5) is 0 Å². The zero-order valence-electron chi connectivity index (χ0n) is 11.9. The van der Waals surface area contributed by atoms with Crippen LogP contribution < -0.4 is 14.2 Å². The predicted molar refractivity (Wildman–Crippen MR) is 76.3 cm³/mol. The van der Waals surface area contributed by atoms with Crippen LogP contribution in [-0.2, 0) is 0 Å². The topological polar surface area (TPSA) is 77.9 Å². The molecule has 0 fully saturated rings. The molecule has 0 aliphatic heterocycles. The number of nitrogens with zero attached hydrogens (tertiary/aromatic N) is 1. The number of rotatable bonds is 5. The van der Waals surface area contributed by atoms with Crippen molar-refractivity contribution in [1.29, 1.82) is 0 Å². The molecule has 6 nitrogen and oxygen atoms in total. The molecule has 0 aliphatic rings. The fraction of sp³-hybridized carbons (Fsp3) is 0.200. The first kappa shape index (κ1) is 14.6. The summed E-state index contributed by atoms with van der Waals surface area (Å²) in [7, 11) is 4.49. The van der Waals surface area contributed by atoms with Gasteiger partial charge >= 0.3 is 5.97 Å². The second kappa shape index (κ2) is 6.13. The van der Waals surface area contributed by atoms with Crippen LogP contribution >= 0.6 is 0 Å². The average molecular weight is 289 g/mol. The van der Waals surface area contributed by atoms with Gasteiger partial charge in [0.05, 0.1) is 26.9 Å². The van der Waals surface area contributed by atoms with Crippen molar-refractivity contribution < 1.29 is 24.1 Å². The Hall–Kier alpha value is -2.76. The molecule has 0 saturated carbocycles. The lowest BCUT2D eigenvalue weighted by molar-refractivity contribution is 0.0697. The minimum atomic E-state index is -1.06. The largest absolute Gasteiger partial charge is 0.497 e.